The van der Waals surface area contributed by atoms with Gasteiger partial charge in [-0.3, -0.25) is 9.65 Å². The summed E-state index contributed by atoms with van der Waals surface area (Å²) in [5, 5.41) is 5.29. The van der Waals surface area contributed by atoms with Crippen molar-refractivity contribution in [3.05, 3.63) is 96.6 Å². The molecule has 0 bridgehead atoms. The molecule has 134 valence electrons. The Morgan fingerprint density at radius 3 is 1.69 bits per heavy atom. The number of nitrogens with one attached hydrogen (secondary N) is 1. The molecule has 0 heterocycles. The summed E-state index contributed by atoms with van der Waals surface area (Å²) in [5.74, 6) is 0. The van der Waals surface area contributed by atoms with Crippen molar-refractivity contribution in [1.82, 2.24) is 5.09 Å². The zero-order chi connectivity index (χ0) is 18.2. The lowest BCUT2D eigenvalue weighted by Crippen LogP contribution is -2.36. The molecule has 0 amide bonds. The molecule has 0 aliphatic carbocycles. The van der Waals surface area contributed by atoms with E-state index in [1.54, 1.807) is 0 Å². The van der Waals surface area contributed by atoms with Gasteiger partial charge < -0.3 is 0 Å². The molecule has 3 aromatic carbocycles. The van der Waals surface area contributed by atoms with Crippen molar-refractivity contribution >= 4 is 17.9 Å². The van der Waals surface area contributed by atoms with Crippen molar-refractivity contribution in [3.8, 4) is 0 Å². The summed E-state index contributed by atoms with van der Waals surface area (Å²) in [4.78, 5) is 0. The first-order valence-electron chi connectivity index (χ1n) is 9.25. The molecule has 0 aliphatic heterocycles. The van der Waals surface area contributed by atoms with Gasteiger partial charge in [0.05, 0.1) is 0 Å². The van der Waals surface area contributed by atoms with E-state index in [2.05, 4.69) is 36.3 Å². The third-order valence-electron chi connectivity index (χ3n) is 4.57. The number of hydrogen-bond acceptors (Lipinski definition) is 1. The first kappa shape index (κ1) is 18.6. The predicted octanol–water partition coefficient (Wildman–Crippen LogP) is 4.92. The Bertz CT molecular complexity index is 790. The van der Waals surface area contributed by atoms with E-state index < -0.39 is 7.29 Å². The second-order valence-electron chi connectivity index (χ2n) is 6.58. The van der Waals surface area contributed by atoms with Gasteiger partial charge >= 0.3 is 0 Å². The van der Waals surface area contributed by atoms with Crippen LogP contribution < -0.4 is 15.7 Å². The lowest BCUT2D eigenvalue weighted by molar-refractivity contribution is 0.527. The van der Waals surface area contributed by atoms with Crippen LogP contribution in [0.1, 0.15) is 25.3 Å². The molecule has 0 unspecified atom stereocenters. The van der Waals surface area contributed by atoms with Crippen molar-refractivity contribution in [3.63, 3.8) is 0 Å². The normalized spacial score (nSPS) is 12.7. The molecule has 0 saturated carbocycles. The maximum Gasteiger partial charge on any atom is 0.204 e. The minimum Gasteiger partial charge on any atom is -0.297 e. The van der Waals surface area contributed by atoms with Crippen LogP contribution in [0.2, 0.25) is 0 Å². The molecular weight excluding hydrogens is 337 g/mol. The average Bonchev–Trinajstić information content (AvgIpc) is 2.70. The van der Waals surface area contributed by atoms with Gasteiger partial charge in [-0.2, -0.15) is 0 Å². The second-order valence-corrected chi connectivity index (χ2v) is 9.09. The van der Waals surface area contributed by atoms with Crippen molar-refractivity contribution in [1.29, 1.82) is 0 Å². The Morgan fingerprint density at radius 2 is 1.23 bits per heavy atom. The van der Waals surface area contributed by atoms with E-state index in [0.717, 1.165) is 29.9 Å². The monoisotopic (exact) mass is 363 g/mol. The van der Waals surface area contributed by atoms with Gasteiger partial charge in [0.15, 0.2) is 0 Å². The molecule has 0 saturated heterocycles. The molecule has 0 aliphatic rings. The van der Waals surface area contributed by atoms with Crippen LogP contribution in [-0.2, 0) is 11.0 Å². The minimum absolute atomic E-state index is 0.161. The SMILES string of the molecule is CCC[C@@H](Cc1ccccc1)NP(=O)(c1ccccc1)c1ccccc1. The Morgan fingerprint density at radius 1 is 0.769 bits per heavy atom. The molecule has 0 spiro atoms. The van der Waals surface area contributed by atoms with Gasteiger partial charge in [-0.25, -0.2) is 0 Å². The smallest absolute Gasteiger partial charge is 0.204 e. The Kier molecular flexibility index (Phi) is 6.44. The summed E-state index contributed by atoms with van der Waals surface area (Å²) in [6, 6.07) is 30.2. The van der Waals surface area contributed by atoms with Crippen LogP contribution in [0, 0.1) is 0 Å². The van der Waals surface area contributed by atoms with Crippen molar-refractivity contribution in [2.75, 3.05) is 0 Å². The van der Waals surface area contributed by atoms with Crippen molar-refractivity contribution in [2.24, 2.45) is 0 Å². The molecule has 3 heteroatoms. The summed E-state index contributed by atoms with van der Waals surface area (Å²) in [6.07, 6.45) is 2.91. The quantitative estimate of drug-likeness (QED) is 0.576. The molecule has 1 atom stereocenters. The van der Waals surface area contributed by atoms with E-state index >= 15 is 0 Å². The summed E-state index contributed by atoms with van der Waals surface area (Å²) in [7, 11) is -2.90. The standard InChI is InChI=1S/C23H26NOP/c1-2-12-21(19-20-13-6-3-7-14-20)24-26(25,22-15-8-4-9-16-22)23-17-10-5-11-18-23/h3-11,13-18,21H,2,12,19H2,1H3,(H,24,25)/t21-/m0/s1. The average molecular weight is 363 g/mol. The van der Waals surface area contributed by atoms with E-state index in [1.807, 2.05) is 66.7 Å². The lowest BCUT2D eigenvalue weighted by Gasteiger charge is -2.27. The van der Waals surface area contributed by atoms with Gasteiger partial charge in [0.2, 0.25) is 7.29 Å². The molecule has 0 aromatic heterocycles. The van der Waals surface area contributed by atoms with E-state index in [9.17, 15) is 4.57 Å². The topological polar surface area (TPSA) is 29.1 Å². The first-order chi connectivity index (χ1) is 12.7. The highest BCUT2D eigenvalue weighted by molar-refractivity contribution is 7.76. The van der Waals surface area contributed by atoms with Crippen LogP contribution in [0.5, 0.6) is 0 Å². The number of hydrogen-bond donors (Lipinski definition) is 1. The first-order valence-corrected chi connectivity index (χ1v) is 11.0. The van der Waals surface area contributed by atoms with E-state index in [0.29, 0.717) is 0 Å². The predicted molar refractivity (Wildman–Crippen MR) is 112 cm³/mol. The molecule has 0 radical (unpaired) electrons. The fourth-order valence-electron chi connectivity index (χ4n) is 3.29. The zero-order valence-corrected chi connectivity index (χ0v) is 16.1. The Labute approximate surface area is 156 Å². The maximum absolute atomic E-state index is 14.2. The van der Waals surface area contributed by atoms with E-state index in [4.69, 9.17) is 0 Å². The zero-order valence-electron chi connectivity index (χ0n) is 15.2. The van der Waals surface area contributed by atoms with E-state index in [-0.39, 0.29) is 6.04 Å². The third-order valence-corrected chi connectivity index (χ3v) is 7.35. The third kappa shape index (κ3) is 4.52. The van der Waals surface area contributed by atoms with Crippen LogP contribution in [0.4, 0.5) is 0 Å². The maximum atomic E-state index is 14.2. The summed E-state index contributed by atoms with van der Waals surface area (Å²) in [5.41, 5.74) is 1.27. The van der Waals surface area contributed by atoms with Crippen LogP contribution >= 0.6 is 7.29 Å². The second kappa shape index (κ2) is 8.98. The van der Waals surface area contributed by atoms with Crippen LogP contribution in [-0.4, -0.2) is 6.04 Å². The van der Waals surface area contributed by atoms with Crippen molar-refractivity contribution < 1.29 is 4.57 Å². The summed E-state index contributed by atoms with van der Waals surface area (Å²) < 4.78 is 14.2. The highest BCUT2D eigenvalue weighted by atomic mass is 31.2. The van der Waals surface area contributed by atoms with Crippen LogP contribution in [0.3, 0.4) is 0 Å². The van der Waals surface area contributed by atoms with Crippen molar-refractivity contribution in [2.45, 2.75) is 32.2 Å². The number of benzene rings is 3. The number of rotatable bonds is 8. The Hall–Kier alpha value is -2.15. The summed E-state index contributed by atoms with van der Waals surface area (Å²) in [6.45, 7) is 2.18. The highest BCUT2D eigenvalue weighted by Gasteiger charge is 2.29. The van der Waals surface area contributed by atoms with Gasteiger partial charge in [0, 0.05) is 16.7 Å². The van der Waals surface area contributed by atoms with Gasteiger partial charge in [0.1, 0.15) is 0 Å². The largest absolute Gasteiger partial charge is 0.297 e. The fraction of sp³-hybridized carbons (Fsp3) is 0.217. The van der Waals surface area contributed by atoms with Gasteiger partial charge in [-0.15, -0.1) is 0 Å². The highest BCUT2D eigenvalue weighted by Crippen LogP contribution is 2.40. The summed E-state index contributed by atoms with van der Waals surface area (Å²) >= 11 is 0. The fourth-order valence-corrected chi connectivity index (χ4v) is 5.81. The molecule has 3 rings (SSSR count). The minimum atomic E-state index is -2.90. The van der Waals surface area contributed by atoms with Gasteiger partial charge in [-0.05, 0) is 42.7 Å². The molecule has 3 aromatic rings. The molecule has 1 N–H and O–H groups in total. The lowest BCUT2D eigenvalue weighted by atomic mass is 10.0. The molecular formula is C23H26NOP. The van der Waals surface area contributed by atoms with Gasteiger partial charge in [-0.1, -0.05) is 80.1 Å². The molecule has 26 heavy (non-hydrogen) atoms. The molecule has 2 nitrogen and oxygen atoms in total. The van der Waals surface area contributed by atoms with Crippen LogP contribution in [0.15, 0.2) is 91.0 Å². The van der Waals surface area contributed by atoms with E-state index in [1.165, 1.54) is 5.56 Å². The van der Waals surface area contributed by atoms with Crippen LogP contribution in [0.25, 0.3) is 0 Å². The van der Waals surface area contributed by atoms with Gasteiger partial charge in [0.25, 0.3) is 0 Å². The molecule has 0 fully saturated rings. The Balaban J connectivity index is 1.94.